The lowest BCUT2D eigenvalue weighted by Crippen LogP contribution is -2.15. The molecule has 3 heteroatoms. The average Bonchev–Trinajstić information content (AvgIpc) is 2.90. The van der Waals surface area contributed by atoms with Crippen molar-refractivity contribution in [2.24, 2.45) is 5.73 Å². The number of aromatic amines is 1. The van der Waals surface area contributed by atoms with Crippen LogP contribution in [0.5, 0.6) is 5.75 Å². The van der Waals surface area contributed by atoms with Crippen molar-refractivity contribution in [3.63, 3.8) is 0 Å². The Balaban J connectivity index is 1.88. The van der Waals surface area contributed by atoms with Gasteiger partial charge in [0.2, 0.25) is 0 Å². The van der Waals surface area contributed by atoms with Crippen molar-refractivity contribution in [3.8, 4) is 5.75 Å². The Bertz CT molecular complexity index is 774. The minimum atomic E-state index is 0.309. The van der Waals surface area contributed by atoms with Crippen LogP contribution in [0.4, 0.5) is 0 Å². The lowest BCUT2D eigenvalue weighted by atomic mass is 9.90. The van der Waals surface area contributed by atoms with Crippen molar-refractivity contribution >= 4 is 10.9 Å². The van der Waals surface area contributed by atoms with E-state index in [4.69, 9.17) is 10.5 Å². The van der Waals surface area contributed by atoms with Crippen molar-refractivity contribution in [2.45, 2.75) is 26.2 Å². The summed E-state index contributed by atoms with van der Waals surface area (Å²) in [6.07, 6.45) is 0.936. The maximum atomic E-state index is 6.11. The first-order chi connectivity index (χ1) is 11.2. The number of nitrogens with one attached hydrogen (secondary N) is 1. The highest BCUT2D eigenvalue weighted by atomic mass is 16.5. The molecule has 0 saturated heterocycles. The maximum absolute atomic E-state index is 6.11. The zero-order valence-electron chi connectivity index (χ0n) is 13.8. The van der Waals surface area contributed by atoms with Gasteiger partial charge in [-0.3, -0.25) is 0 Å². The van der Waals surface area contributed by atoms with E-state index in [0.717, 1.165) is 12.2 Å². The van der Waals surface area contributed by atoms with E-state index in [-0.39, 0.29) is 0 Å². The normalized spacial score (nSPS) is 12.5. The second-order valence-corrected chi connectivity index (χ2v) is 5.92. The number of aromatic nitrogens is 1. The SMILES string of the molecule is CCOc1ccc(CC(CN)c2c(C)[nH]c3ccccc23)cc1. The van der Waals surface area contributed by atoms with Crippen molar-refractivity contribution in [1.29, 1.82) is 0 Å². The van der Waals surface area contributed by atoms with E-state index < -0.39 is 0 Å². The molecule has 0 fully saturated rings. The van der Waals surface area contributed by atoms with Crippen LogP contribution >= 0.6 is 0 Å². The Kier molecular flexibility index (Phi) is 4.68. The number of hydrogen-bond acceptors (Lipinski definition) is 2. The van der Waals surface area contributed by atoms with Crippen LogP contribution in [-0.4, -0.2) is 18.1 Å². The van der Waals surface area contributed by atoms with Crippen molar-refractivity contribution in [3.05, 3.63) is 65.4 Å². The van der Waals surface area contributed by atoms with Crippen LogP contribution in [-0.2, 0) is 6.42 Å². The Hall–Kier alpha value is -2.26. The number of benzene rings is 2. The third kappa shape index (κ3) is 3.25. The van der Waals surface area contributed by atoms with Crippen LogP contribution in [0.1, 0.15) is 29.7 Å². The monoisotopic (exact) mass is 308 g/mol. The van der Waals surface area contributed by atoms with E-state index in [1.807, 2.05) is 19.1 Å². The molecule has 0 amide bonds. The fourth-order valence-electron chi connectivity index (χ4n) is 3.30. The van der Waals surface area contributed by atoms with Crippen molar-refractivity contribution in [1.82, 2.24) is 4.98 Å². The number of fused-ring (bicyclic) bond motifs is 1. The number of para-hydroxylation sites is 1. The van der Waals surface area contributed by atoms with Crippen LogP contribution in [0.2, 0.25) is 0 Å². The summed E-state index contributed by atoms with van der Waals surface area (Å²) in [5.41, 5.74) is 11.1. The molecule has 0 saturated carbocycles. The summed E-state index contributed by atoms with van der Waals surface area (Å²) < 4.78 is 5.51. The quantitative estimate of drug-likeness (QED) is 0.718. The minimum absolute atomic E-state index is 0.309. The largest absolute Gasteiger partial charge is 0.494 e. The Morgan fingerprint density at radius 1 is 1.09 bits per heavy atom. The van der Waals surface area contributed by atoms with Gasteiger partial charge < -0.3 is 15.5 Å². The Morgan fingerprint density at radius 2 is 1.83 bits per heavy atom. The highest BCUT2D eigenvalue weighted by Gasteiger charge is 2.18. The van der Waals surface area contributed by atoms with E-state index in [1.165, 1.54) is 27.7 Å². The molecule has 0 radical (unpaired) electrons. The van der Waals surface area contributed by atoms with E-state index in [9.17, 15) is 0 Å². The van der Waals surface area contributed by atoms with Gasteiger partial charge in [0, 0.05) is 22.5 Å². The zero-order valence-corrected chi connectivity index (χ0v) is 13.8. The minimum Gasteiger partial charge on any atom is -0.494 e. The summed E-state index contributed by atoms with van der Waals surface area (Å²) in [7, 11) is 0. The van der Waals surface area contributed by atoms with Crippen molar-refractivity contribution in [2.75, 3.05) is 13.2 Å². The fraction of sp³-hybridized carbons (Fsp3) is 0.300. The van der Waals surface area contributed by atoms with Gasteiger partial charge in [-0.25, -0.2) is 0 Å². The smallest absolute Gasteiger partial charge is 0.119 e. The predicted octanol–water partition coefficient (Wildman–Crippen LogP) is 4.16. The molecule has 1 atom stereocenters. The second-order valence-electron chi connectivity index (χ2n) is 5.92. The fourth-order valence-corrected chi connectivity index (χ4v) is 3.30. The number of nitrogens with two attached hydrogens (primary N) is 1. The molecule has 0 aliphatic carbocycles. The molecule has 120 valence electrons. The molecule has 1 heterocycles. The summed E-state index contributed by atoms with van der Waals surface area (Å²) in [6, 6.07) is 16.8. The third-order valence-corrected chi connectivity index (χ3v) is 4.35. The van der Waals surface area contributed by atoms with E-state index >= 15 is 0 Å². The molecule has 3 nitrogen and oxygen atoms in total. The van der Waals surface area contributed by atoms with Gasteiger partial charge in [0.05, 0.1) is 6.61 Å². The summed E-state index contributed by atoms with van der Waals surface area (Å²) >= 11 is 0. The highest BCUT2D eigenvalue weighted by molar-refractivity contribution is 5.85. The van der Waals surface area contributed by atoms with E-state index in [1.54, 1.807) is 0 Å². The highest BCUT2D eigenvalue weighted by Crippen LogP contribution is 2.31. The maximum Gasteiger partial charge on any atom is 0.119 e. The third-order valence-electron chi connectivity index (χ3n) is 4.35. The standard InChI is InChI=1S/C20H24N2O/c1-3-23-17-10-8-15(9-11-17)12-16(13-21)20-14(2)22-19-7-5-4-6-18(19)20/h4-11,16,22H,3,12-13,21H2,1-2H3. The first kappa shape index (κ1) is 15.6. The van der Waals surface area contributed by atoms with Gasteiger partial charge in [-0.15, -0.1) is 0 Å². The van der Waals surface area contributed by atoms with Crippen LogP contribution < -0.4 is 10.5 Å². The van der Waals surface area contributed by atoms with Crippen LogP contribution in [0.15, 0.2) is 48.5 Å². The lowest BCUT2D eigenvalue weighted by molar-refractivity contribution is 0.340. The summed E-state index contributed by atoms with van der Waals surface area (Å²) in [4.78, 5) is 3.48. The molecule has 3 N–H and O–H groups in total. The predicted molar refractivity (Wildman–Crippen MR) is 96.1 cm³/mol. The molecule has 3 aromatic rings. The topological polar surface area (TPSA) is 51.0 Å². The summed E-state index contributed by atoms with van der Waals surface area (Å²) in [5, 5.41) is 1.28. The van der Waals surface area contributed by atoms with Gasteiger partial charge in [0.15, 0.2) is 0 Å². The molecule has 2 aromatic carbocycles. The van der Waals surface area contributed by atoms with Gasteiger partial charge in [0.25, 0.3) is 0 Å². The molecule has 0 bridgehead atoms. The number of ether oxygens (including phenoxy) is 1. The molecular weight excluding hydrogens is 284 g/mol. The number of rotatable bonds is 6. The average molecular weight is 308 g/mol. The summed E-state index contributed by atoms with van der Waals surface area (Å²) in [5.74, 6) is 1.23. The molecule has 3 rings (SSSR count). The second kappa shape index (κ2) is 6.88. The van der Waals surface area contributed by atoms with Gasteiger partial charge >= 0.3 is 0 Å². The molecular formula is C20H24N2O. The lowest BCUT2D eigenvalue weighted by Gasteiger charge is -2.16. The van der Waals surface area contributed by atoms with Crippen LogP contribution in [0.3, 0.4) is 0 Å². The number of hydrogen-bond donors (Lipinski definition) is 2. The van der Waals surface area contributed by atoms with Gasteiger partial charge in [0.1, 0.15) is 5.75 Å². The molecule has 0 aliphatic rings. The van der Waals surface area contributed by atoms with Gasteiger partial charge in [-0.1, -0.05) is 30.3 Å². The Morgan fingerprint density at radius 3 is 2.52 bits per heavy atom. The van der Waals surface area contributed by atoms with E-state index in [0.29, 0.717) is 19.1 Å². The van der Waals surface area contributed by atoms with Crippen LogP contribution in [0.25, 0.3) is 10.9 Å². The molecule has 23 heavy (non-hydrogen) atoms. The molecule has 0 aliphatic heterocycles. The van der Waals surface area contributed by atoms with Gasteiger partial charge in [-0.2, -0.15) is 0 Å². The van der Waals surface area contributed by atoms with Crippen molar-refractivity contribution < 1.29 is 4.74 Å². The number of aryl methyl sites for hydroxylation is 1. The molecule has 0 spiro atoms. The molecule has 1 unspecified atom stereocenters. The molecule has 1 aromatic heterocycles. The summed E-state index contributed by atoms with van der Waals surface area (Å²) in [6.45, 7) is 5.46. The first-order valence-corrected chi connectivity index (χ1v) is 8.22. The van der Waals surface area contributed by atoms with Crippen LogP contribution in [0, 0.1) is 6.92 Å². The Labute approximate surface area is 137 Å². The number of H-pyrrole nitrogens is 1. The van der Waals surface area contributed by atoms with Gasteiger partial charge in [-0.05, 0) is 56.1 Å². The van der Waals surface area contributed by atoms with E-state index in [2.05, 4.69) is 48.3 Å². The zero-order chi connectivity index (χ0) is 16.2. The first-order valence-electron chi connectivity index (χ1n) is 8.22.